The van der Waals surface area contributed by atoms with E-state index in [0.717, 1.165) is 24.9 Å². The van der Waals surface area contributed by atoms with Gasteiger partial charge in [0, 0.05) is 13.2 Å². The van der Waals surface area contributed by atoms with Crippen LogP contribution >= 0.6 is 0 Å². The number of anilines is 3. The van der Waals surface area contributed by atoms with Crippen LogP contribution in [-0.4, -0.2) is 24.7 Å². The molecule has 1 saturated carbocycles. The SMILES string of the molecule is Nc1ccc(NCCOCC2CC2)nc1N. The number of nitrogens with two attached hydrogens (primary N) is 2. The minimum Gasteiger partial charge on any atom is -0.396 e. The molecular formula is C11H18N4O. The minimum atomic E-state index is 0.365. The van der Waals surface area contributed by atoms with Crippen molar-refractivity contribution in [3.05, 3.63) is 12.1 Å². The molecule has 1 aliphatic carbocycles. The summed E-state index contributed by atoms with van der Waals surface area (Å²) >= 11 is 0. The van der Waals surface area contributed by atoms with Crippen LogP contribution < -0.4 is 16.8 Å². The molecule has 0 spiro atoms. The van der Waals surface area contributed by atoms with Crippen molar-refractivity contribution < 1.29 is 4.74 Å². The first-order chi connectivity index (χ1) is 7.75. The lowest BCUT2D eigenvalue weighted by Crippen LogP contribution is -2.12. The van der Waals surface area contributed by atoms with Gasteiger partial charge in [-0.2, -0.15) is 0 Å². The predicted octanol–water partition coefficient (Wildman–Crippen LogP) is 1.08. The Labute approximate surface area is 95.2 Å². The fourth-order valence-electron chi connectivity index (χ4n) is 1.37. The summed E-state index contributed by atoms with van der Waals surface area (Å²) in [5, 5.41) is 3.14. The molecule has 1 aromatic heterocycles. The Morgan fingerprint density at radius 1 is 1.38 bits per heavy atom. The third kappa shape index (κ3) is 3.27. The molecule has 0 atom stereocenters. The van der Waals surface area contributed by atoms with Gasteiger partial charge in [0.1, 0.15) is 11.6 Å². The van der Waals surface area contributed by atoms with Gasteiger partial charge >= 0.3 is 0 Å². The van der Waals surface area contributed by atoms with Gasteiger partial charge < -0.3 is 21.5 Å². The second-order valence-electron chi connectivity index (χ2n) is 4.12. The fourth-order valence-corrected chi connectivity index (χ4v) is 1.37. The van der Waals surface area contributed by atoms with Crippen molar-refractivity contribution in [2.75, 3.05) is 36.5 Å². The second kappa shape index (κ2) is 5.03. The quantitative estimate of drug-likeness (QED) is 0.627. The van der Waals surface area contributed by atoms with Gasteiger partial charge in [0.25, 0.3) is 0 Å². The normalized spacial score (nSPS) is 15.0. The third-order valence-corrected chi connectivity index (χ3v) is 2.56. The second-order valence-corrected chi connectivity index (χ2v) is 4.12. The van der Waals surface area contributed by atoms with Gasteiger partial charge in [-0.25, -0.2) is 4.98 Å². The average molecular weight is 222 g/mol. The van der Waals surface area contributed by atoms with Crippen LogP contribution in [0.5, 0.6) is 0 Å². The Morgan fingerprint density at radius 3 is 2.88 bits per heavy atom. The van der Waals surface area contributed by atoms with E-state index in [1.807, 2.05) is 6.07 Å². The van der Waals surface area contributed by atoms with E-state index in [1.54, 1.807) is 6.07 Å². The molecule has 2 rings (SSSR count). The Kier molecular flexibility index (Phi) is 3.46. The number of hydrogen-bond acceptors (Lipinski definition) is 5. The molecule has 0 saturated heterocycles. The maximum atomic E-state index is 5.59. The number of nitrogens with one attached hydrogen (secondary N) is 1. The molecular weight excluding hydrogens is 204 g/mol. The van der Waals surface area contributed by atoms with Crippen LogP contribution in [-0.2, 0) is 4.74 Å². The van der Waals surface area contributed by atoms with Gasteiger partial charge in [-0.3, -0.25) is 0 Å². The number of hydrogen-bond donors (Lipinski definition) is 3. The van der Waals surface area contributed by atoms with Gasteiger partial charge in [-0.15, -0.1) is 0 Å². The highest BCUT2D eigenvalue weighted by atomic mass is 16.5. The summed E-state index contributed by atoms with van der Waals surface area (Å²) in [6.07, 6.45) is 2.65. The summed E-state index contributed by atoms with van der Waals surface area (Å²) in [7, 11) is 0. The van der Waals surface area contributed by atoms with E-state index < -0.39 is 0 Å². The summed E-state index contributed by atoms with van der Waals surface area (Å²) in [6.45, 7) is 2.32. The van der Waals surface area contributed by atoms with Crippen LogP contribution in [0.25, 0.3) is 0 Å². The Bertz CT molecular complexity index is 352. The van der Waals surface area contributed by atoms with Crippen LogP contribution in [0.15, 0.2) is 12.1 Å². The largest absolute Gasteiger partial charge is 0.396 e. The van der Waals surface area contributed by atoms with Gasteiger partial charge in [-0.1, -0.05) is 0 Å². The number of nitrogen functional groups attached to an aromatic ring is 2. The van der Waals surface area contributed by atoms with Gasteiger partial charge in [0.15, 0.2) is 0 Å². The first-order valence-corrected chi connectivity index (χ1v) is 5.59. The monoisotopic (exact) mass is 222 g/mol. The third-order valence-electron chi connectivity index (χ3n) is 2.56. The van der Waals surface area contributed by atoms with Crippen molar-refractivity contribution in [2.45, 2.75) is 12.8 Å². The first kappa shape index (κ1) is 11.0. The van der Waals surface area contributed by atoms with Crippen LogP contribution in [0.1, 0.15) is 12.8 Å². The van der Waals surface area contributed by atoms with E-state index in [2.05, 4.69) is 10.3 Å². The summed E-state index contributed by atoms with van der Waals surface area (Å²) < 4.78 is 5.49. The van der Waals surface area contributed by atoms with Crippen LogP contribution in [0.3, 0.4) is 0 Å². The standard InChI is InChI=1S/C11H18N4O/c12-9-3-4-10(15-11(9)13)14-5-6-16-7-8-1-2-8/h3-4,8H,1-2,5-7,12H2,(H3,13,14,15). The summed E-state index contributed by atoms with van der Waals surface area (Å²) in [5.41, 5.74) is 11.7. The van der Waals surface area contributed by atoms with Crippen LogP contribution in [0, 0.1) is 5.92 Å². The molecule has 0 aromatic carbocycles. The highest BCUT2D eigenvalue weighted by molar-refractivity contribution is 5.61. The van der Waals surface area contributed by atoms with Crippen LogP contribution in [0.2, 0.25) is 0 Å². The molecule has 0 unspecified atom stereocenters. The van der Waals surface area contributed by atoms with E-state index in [0.29, 0.717) is 18.1 Å². The highest BCUT2D eigenvalue weighted by Gasteiger charge is 2.20. The van der Waals surface area contributed by atoms with E-state index in [4.69, 9.17) is 16.2 Å². The zero-order valence-electron chi connectivity index (χ0n) is 9.28. The Hall–Kier alpha value is -1.49. The number of rotatable bonds is 6. The molecule has 0 bridgehead atoms. The Morgan fingerprint density at radius 2 is 2.19 bits per heavy atom. The molecule has 88 valence electrons. The number of aromatic nitrogens is 1. The molecule has 16 heavy (non-hydrogen) atoms. The molecule has 1 aliphatic rings. The lowest BCUT2D eigenvalue weighted by molar-refractivity contribution is 0.134. The lowest BCUT2D eigenvalue weighted by Gasteiger charge is -2.07. The van der Waals surface area contributed by atoms with E-state index in [-0.39, 0.29) is 0 Å². The Balaban J connectivity index is 1.65. The van der Waals surface area contributed by atoms with E-state index in [9.17, 15) is 0 Å². The average Bonchev–Trinajstić information content (AvgIpc) is 3.07. The molecule has 0 amide bonds. The first-order valence-electron chi connectivity index (χ1n) is 5.59. The van der Waals surface area contributed by atoms with Crippen molar-refractivity contribution in [1.82, 2.24) is 4.98 Å². The number of pyridine rings is 1. The van der Waals surface area contributed by atoms with Crippen molar-refractivity contribution >= 4 is 17.3 Å². The zero-order valence-corrected chi connectivity index (χ0v) is 9.28. The van der Waals surface area contributed by atoms with E-state index >= 15 is 0 Å². The molecule has 1 fully saturated rings. The van der Waals surface area contributed by atoms with Gasteiger partial charge in [0.05, 0.1) is 12.3 Å². The maximum absolute atomic E-state index is 5.59. The lowest BCUT2D eigenvalue weighted by atomic mass is 10.4. The van der Waals surface area contributed by atoms with E-state index in [1.165, 1.54) is 12.8 Å². The number of nitrogens with zero attached hydrogens (tertiary/aromatic N) is 1. The molecule has 0 aliphatic heterocycles. The summed E-state index contributed by atoms with van der Waals surface area (Å²) in [5.74, 6) is 1.91. The van der Waals surface area contributed by atoms with Gasteiger partial charge in [-0.05, 0) is 30.9 Å². The highest BCUT2D eigenvalue weighted by Crippen LogP contribution is 2.28. The molecule has 5 nitrogen and oxygen atoms in total. The predicted molar refractivity (Wildman–Crippen MR) is 65.1 cm³/mol. The topological polar surface area (TPSA) is 86.2 Å². The molecule has 0 radical (unpaired) electrons. The zero-order chi connectivity index (χ0) is 11.4. The number of ether oxygens (including phenoxy) is 1. The minimum absolute atomic E-state index is 0.365. The maximum Gasteiger partial charge on any atom is 0.149 e. The summed E-state index contributed by atoms with van der Waals surface area (Å²) in [6, 6.07) is 3.56. The van der Waals surface area contributed by atoms with Gasteiger partial charge in [0.2, 0.25) is 0 Å². The summed E-state index contributed by atoms with van der Waals surface area (Å²) in [4.78, 5) is 4.10. The molecule has 1 heterocycles. The van der Waals surface area contributed by atoms with Crippen molar-refractivity contribution in [3.63, 3.8) is 0 Å². The molecule has 5 heteroatoms. The molecule has 5 N–H and O–H groups in total. The fraction of sp³-hybridized carbons (Fsp3) is 0.545. The van der Waals surface area contributed by atoms with Crippen molar-refractivity contribution in [2.24, 2.45) is 5.92 Å². The van der Waals surface area contributed by atoms with Crippen LogP contribution in [0.4, 0.5) is 17.3 Å². The van der Waals surface area contributed by atoms with Crippen molar-refractivity contribution in [3.8, 4) is 0 Å². The molecule has 1 aromatic rings. The van der Waals surface area contributed by atoms with Crippen molar-refractivity contribution in [1.29, 1.82) is 0 Å². The smallest absolute Gasteiger partial charge is 0.149 e.